The van der Waals surface area contributed by atoms with E-state index in [4.69, 9.17) is 10.5 Å². The summed E-state index contributed by atoms with van der Waals surface area (Å²) in [5.74, 6) is 0.281. The maximum atomic E-state index is 13.5. The Kier molecular flexibility index (Phi) is 8.31. The van der Waals surface area contributed by atoms with Crippen molar-refractivity contribution in [2.45, 2.75) is 39.3 Å². The lowest BCUT2D eigenvalue weighted by atomic mass is 10.00. The number of benzene rings is 2. The predicted molar refractivity (Wildman–Crippen MR) is 166 cm³/mol. The van der Waals surface area contributed by atoms with Gasteiger partial charge in [0.1, 0.15) is 6.61 Å². The monoisotopic (exact) mass is 543 g/mol. The molecule has 1 aliphatic rings. The van der Waals surface area contributed by atoms with Gasteiger partial charge >= 0.3 is 0 Å². The molecule has 0 atom stereocenters. The van der Waals surface area contributed by atoms with E-state index in [1.807, 2.05) is 60.1 Å². The van der Waals surface area contributed by atoms with E-state index < -0.39 is 0 Å². The molecule has 3 heterocycles. The topological polar surface area (TPSA) is 109 Å². The summed E-state index contributed by atoms with van der Waals surface area (Å²) in [7, 11) is 1.71. The smallest absolute Gasteiger partial charge is 0.257 e. The number of nitrogen functional groups attached to an aromatic ring is 1. The molecule has 1 fully saturated rings. The number of piperidine rings is 1. The van der Waals surface area contributed by atoms with E-state index in [1.54, 1.807) is 25.4 Å². The molecular formula is C31H41N7O2. The highest BCUT2D eigenvalue weighted by Gasteiger charge is 2.23. The van der Waals surface area contributed by atoms with E-state index in [-0.39, 0.29) is 8.76 Å². The number of aryl methyl sites for hydroxylation is 1. The van der Waals surface area contributed by atoms with Crippen molar-refractivity contribution in [3.05, 3.63) is 83.3 Å². The number of fused-ring (bicyclic) bond motifs is 1. The Balaban J connectivity index is 0.00000242. The van der Waals surface area contributed by atoms with Crippen molar-refractivity contribution >= 4 is 34.8 Å². The van der Waals surface area contributed by atoms with Crippen LogP contribution in [-0.2, 0) is 6.61 Å². The number of rotatable bonds is 9. The summed E-state index contributed by atoms with van der Waals surface area (Å²) in [5, 5.41) is 6.56. The molecular weight excluding hydrogens is 502 g/mol. The van der Waals surface area contributed by atoms with Gasteiger partial charge in [0, 0.05) is 65.0 Å². The van der Waals surface area contributed by atoms with Crippen LogP contribution in [-0.4, -0.2) is 54.2 Å². The fourth-order valence-corrected chi connectivity index (χ4v) is 5.27. The summed E-state index contributed by atoms with van der Waals surface area (Å²) in [5.41, 5.74) is 12.4. The summed E-state index contributed by atoms with van der Waals surface area (Å²) in [6, 6.07) is 16.1. The maximum Gasteiger partial charge on any atom is 0.257 e. The number of hydrogen-bond donors (Lipinski definition) is 3. The molecule has 0 unspecified atom stereocenters. The van der Waals surface area contributed by atoms with Crippen LogP contribution in [0.25, 0.3) is 5.65 Å². The largest absolute Gasteiger partial charge is 0.485 e. The number of carbonyl (C=O) groups is 1. The molecule has 0 bridgehead atoms. The standard InChI is InChI=1S/C31H37N7O2.2H2/c1-4-34-23-12-14-37(15-13-23)27-11-10-25(29(32)26(27)17-33-3)31(39)36-24-16-28(30-35-21(2)18-38(30)19-24)40-20-22-8-6-5-7-9-22;;/h5-11,16-19,23,34H,4,12-15,20,32H2,1-3H3,(H,36,39);2*1H. The Morgan fingerprint density at radius 2 is 1.98 bits per heavy atom. The molecule has 4 aromatic rings. The molecule has 1 saturated heterocycles. The third-order valence-corrected chi connectivity index (χ3v) is 7.23. The van der Waals surface area contributed by atoms with Crippen molar-refractivity contribution in [1.29, 1.82) is 0 Å². The van der Waals surface area contributed by atoms with Gasteiger partial charge in [0.05, 0.1) is 22.6 Å². The number of nitrogens with two attached hydrogens (primary N) is 1. The van der Waals surface area contributed by atoms with Gasteiger partial charge in [0.2, 0.25) is 0 Å². The van der Waals surface area contributed by atoms with Crippen LogP contribution in [0.2, 0.25) is 0 Å². The lowest BCUT2D eigenvalue weighted by molar-refractivity contribution is 0.102. The van der Waals surface area contributed by atoms with Gasteiger partial charge in [-0.15, -0.1) is 0 Å². The van der Waals surface area contributed by atoms with Crippen LogP contribution >= 0.6 is 0 Å². The Bertz CT molecular complexity index is 1520. The average Bonchev–Trinajstić information content (AvgIpc) is 3.34. The fourth-order valence-electron chi connectivity index (χ4n) is 5.27. The maximum absolute atomic E-state index is 13.5. The van der Waals surface area contributed by atoms with E-state index in [0.717, 1.165) is 55.0 Å². The van der Waals surface area contributed by atoms with Crippen molar-refractivity contribution in [3.8, 4) is 5.75 Å². The summed E-state index contributed by atoms with van der Waals surface area (Å²) in [4.78, 5) is 24.7. The van der Waals surface area contributed by atoms with Crippen molar-refractivity contribution in [2.24, 2.45) is 4.99 Å². The van der Waals surface area contributed by atoms with Crippen LogP contribution in [0.1, 0.15) is 49.8 Å². The summed E-state index contributed by atoms with van der Waals surface area (Å²) < 4.78 is 8.01. The zero-order chi connectivity index (χ0) is 28.1. The van der Waals surface area contributed by atoms with E-state index in [9.17, 15) is 4.79 Å². The number of amides is 1. The Hall–Kier alpha value is -4.37. The molecule has 0 radical (unpaired) electrons. The molecule has 9 heteroatoms. The Morgan fingerprint density at radius 1 is 1.20 bits per heavy atom. The second-order valence-corrected chi connectivity index (χ2v) is 10.1. The predicted octanol–water partition coefficient (Wildman–Crippen LogP) is 5.18. The average molecular weight is 544 g/mol. The number of anilines is 3. The first kappa shape index (κ1) is 27.2. The van der Waals surface area contributed by atoms with Gasteiger partial charge in [0.15, 0.2) is 11.4 Å². The van der Waals surface area contributed by atoms with E-state index in [1.165, 1.54) is 0 Å². The van der Waals surface area contributed by atoms with E-state index in [0.29, 0.717) is 41.0 Å². The quantitative estimate of drug-likeness (QED) is 0.198. The third-order valence-electron chi connectivity index (χ3n) is 7.23. The summed E-state index contributed by atoms with van der Waals surface area (Å²) >= 11 is 0. The highest BCUT2D eigenvalue weighted by Crippen LogP contribution is 2.31. The number of nitrogens with zero attached hydrogens (tertiary/aromatic N) is 4. The Morgan fingerprint density at radius 3 is 2.70 bits per heavy atom. The Labute approximate surface area is 238 Å². The lowest BCUT2D eigenvalue weighted by Crippen LogP contribution is -2.42. The van der Waals surface area contributed by atoms with E-state index in [2.05, 4.69) is 32.4 Å². The molecule has 1 aliphatic heterocycles. The van der Waals surface area contributed by atoms with E-state index >= 15 is 0 Å². The van der Waals surface area contributed by atoms with Crippen molar-refractivity contribution in [1.82, 2.24) is 14.7 Å². The summed E-state index contributed by atoms with van der Waals surface area (Å²) in [6.45, 7) is 7.27. The summed E-state index contributed by atoms with van der Waals surface area (Å²) in [6.07, 6.45) is 7.59. The second kappa shape index (κ2) is 12.2. The van der Waals surface area contributed by atoms with Crippen LogP contribution in [0.4, 0.5) is 17.1 Å². The fraction of sp³-hybridized carbons (Fsp3) is 0.323. The van der Waals surface area contributed by atoms with Gasteiger partial charge in [0.25, 0.3) is 5.91 Å². The molecule has 4 N–H and O–H groups in total. The number of aromatic nitrogens is 2. The number of hydrogen-bond acceptors (Lipinski definition) is 7. The van der Waals surface area contributed by atoms with Crippen molar-refractivity contribution in [2.75, 3.05) is 42.6 Å². The normalized spacial score (nSPS) is 14.2. The molecule has 212 valence electrons. The number of carbonyl (C=O) groups excluding carboxylic acids is 1. The minimum atomic E-state index is -0.300. The van der Waals surface area contributed by atoms with Gasteiger partial charge in [-0.3, -0.25) is 9.79 Å². The van der Waals surface area contributed by atoms with Crippen LogP contribution in [0.15, 0.2) is 65.9 Å². The van der Waals surface area contributed by atoms with Gasteiger partial charge < -0.3 is 30.4 Å². The molecule has 9 nitrogen and oxygen atoms in total. The number of imidazole rings is 1. The van der Waals surface area contributed by atoms with Crippen LogP contribution in [0.3, 0.4) is 0 Å². The van der Waals surface area contributed by atoms with Crippen LogP contribution < -0.4 is 26.0 Å². The highest BCUT2D eigenvalue weighted by molar-refractivity contribution is 6.11. The van der Waals surface area contributed by atoms with Crippen LogP contribution in [0.5, 0.6) is 5.75 Å². The zero-order valence-corrected chi connectivity index (χ0v) is 23.4. The van der Waals surface area contributed by atoms with Crippen molar-refractivity contribution in [3.63, 3.8) is 0 Å². The molecule has 0 aliphatic carbocycles. The molecule has 1 amide bonds. The molecule has 40 heavy (non-hydrogen) atoms. The first-order chi connectivity index (χ1) is 19.5. The van der Waals surface area contributed by atoms with Gasteiger partial charge in [-0.05, 0) is 44.0 Å². The third kappa shape index (κ3) is 5.94. The van der Waals surface area contributed by atoms with Crippen molar-refractivity contribution < 1.29 is 12.4 Å². The molecule has 0 saturated carbocycles. The van der Waals surface area contributed by atoms with Gasteiger partial charge in [-0.1, -0.05) is 37.3 Å². The lowest BCUT2D eigenvalue weighted by Gasteiger charge is -2.35. The molecule has 2 aromatic carbocycles. The molecule has 0 spiro atoms. The first-order valence-electron chi connectivity index (χ1n) is 13.8. The minimum absolute atomic E-state index is 0. The minimum Gasteiger partial charge on any atom is -0.485 e. The number of pyridine rings is 1. The number of aliphatic imine (C=N–C) groups is 1. The highest BCUT2D eigenvalue weighted by atomic mass is 16.5. The van der Waals surface area contributed by atoms with Gasteiger partial charge in [-0.25, -0.2) is 4.98 Å². The molecule has 2 aromatic heterocycles. The second-order valence-electron chi connectivity index (χ2n) is 10.1. The van der Waals surface area contributed by atoms with Crippen LogP contribution in [0, 0.1) is 6.92 Å². The van der Waals surface area contributed by atoms with Gasteiger partial charge in [-0.2, -0.15) is 0 Å². The molecule has 5 rings (SSSR count). The number of ether oxygens (including phenoxy) is 1. The SMILES string of the molecule is CCNC1CCN(c2ccc(C(=O)Nc3cc(OCc4ccccc4)c4nc(C)cn4c3)c(N)c2C=NC)CC1.[HH].[HH]. The number of nitrogens with one attached hydrogen (secondary N) is 2. The first-order valence-corrected chi connectivity index (χ1v) is 13.8. The zero-order valence-electron chi connectivity index (χ0n) is 23.4.